The van der Waals surface area contributed by atoms with Crippen molar-refractivity contribution in [3.8, 4) is 0 Å². The molecule has 1 aliphatic rings. The predicted octanol–water partition coefficient (Wildman–Crippen LogP) is 2.44. The first kappa shape index (κ1) is 14.5. The van der Waals surface area contributed by atoms with Gasteiger partial charge in [-0.25, -0.2) is 8.42 Å². The van der Waals surface area contributed by atoms with Crippen molar-refractivity contribution in [1.29, 1.82) is 0 Å². The Kier molecular flexibility index (Phi) is 4.63. The standard InChI is InChI=1S/C15H23NO2S/c1-12-5-3-6-13(9-12)11-16-14-7-4-8-15(10-14)19(2,17)18/h3,5-6,9,14-16H,4,7-8,10-11H2,1-2H3. The fourth-order valence-corrected chi connectivity index (χ4v) is 3.98. The molecule has 1 aliphatic carbocycles. The van der Waals surface area contributed by atoms with E-state index in [1.165, 1.54) is 17.4 Å². The Morgan fingerprint density at radius 1 is 1.32 bits per heavy atom. The highest BCUT2D eigenvalue weighted by Crippen LogP contribution is 2.24. The van der Waals surface area contributed by atoms with Gasteiger partial charge in [-0.2, -0.15) is 0 Å². The van der Waals surface area contributed by atoms with E-state index in [9.17, 15) is 8.42 Å². The second kappa shape index (κ2) is 6.06. The van der Waals surface area contributed by atoms with Gasteiger partial charge in [0.05, 0.1) is 5.25 Å². The lowest BCUT2D eigenvalue weighted by Gasteiger charge is -2.28. The summed E-state index contributed by atoms with van der Waals surface area (Å²) in [5.74, 6) is 0. The molecule has 0 aliphatic heterocycles. The molecule has 0 heterocycles. The van der Waals surface area contributed by atoms with Gasteiger partial charge in [-0.15, -0.1) is 0 Å². The molecule has 0 saturated heterocycles. The topological polar surface area (TPSA) is 46.2 Å². The molecule has 0 bridgehead atoms. The molecule has 0 aromatic heterocycles. The number of sulfone groups is 1. The first-order chi connectivity index (χ1) is 8.95. The number of benzene rings is 1. The van der Waals surface area contributed by atoms with Crippen LogP contribution in [0, 0.1) is 6.92 Å². The zero-order chi connectivity index (χ0) is 13.9. The van der Waals surface area contributed by atoms with Crippen LogP contribution in [0.4, 0.5) is 0 Å². The smallest absolute Gasteiger partial charge is 0.150 e. The van der Waals surface area contributed by atoms with Crippen LogP contribution in [-0.2, 0) is 16.4 Å². The maximum atomic E-state index is 11.6. The number of aryl methyl sites for hydroxylation is 1. The van der Waals surface area contributed by atoms with Crippen molar-refractivity contribution >= 4 is 9.84 Å². The molecule has 1 N–H and O–H groups in total. The fraction of sp³-hybridized carbons (Fsp3) is 0.600. The average Bonchev–Trinajstić information content (AvgIpc) is 2.36. The van der Waals surface area contributed by atoms with Crippen molar-refractivity contribution in [1.82, 2.24) is 5.32 Å². The summed E-state index contributed by atoms with van der Waals surface area (Å²) in [6.07, 6.45) is 5.02. The van der Waals surface area contributed by atoms with E-state index < -0.39 is 9.84 Å². The summed E-state index contributed by atoms with van der Waals surface area (Å²) in [5.41, 5.74) is 2.53. The largest absolute Gasteiger partial charge is 0.310 e. The van der Waals surface area contributed by atoms with Crippen LogP contribution in [0.1, 0.15) is 36.8 Å². The van der Waals surface area contributed by atoms with Crippen LogP contribution in [-0.4, -0.2) is 26.0 Å². The van der Waals surface area contributed by atoms with E-state index in [1.807, 2.05) is 0 Å². The van der Waals surface area contributed by atoms with Gasteiger partial charge in [0.15, 0.2) is 0 Å². The molecule has 0 amide bonds. The fourth-order valence-electron chi connectivity index (χ4n) is 2.80. The summed E-state index contributed by atoms with van der Waals surface area (Å²) in [5, 5.41) is 3.35. The van der Waals surface area contributed by atoms with Crippen molar-refractivity contribution in [2.75, 3.05) is 6.26 Å². The zero-order valence-corrected chi connectivity index (χ0v) is 12.5. The lowest BCUT2D eigenvalue weighted by Crippen LogP contribution is -2.38. The van der Waals surface area contributed by atoms with Gasteiger partial charge < -0.3 is 5.32 Å². The number of hydrogen-bond donors (Lipinski definition) is 1. The van der Waals surface area contributed by atoms with E-state index >= 15 is 0 Å². The molecule has 2 unspecified atom stereocenters. The maximum absolute atomic E-state index is 11.6. The van der Waals surface area contributed by atoms with Crippen LogP contribution in [0.25, 0.3) is 0 Å². The maximum Gasteiger partial charge on any atom is 0.150 e. The molecule has 0 radical (unpaired) electrons. The highest BCUT2D eigenvalue weighted by atomic mass is 32.2. The monoisotopic (exact) mass is 281 g/mol. The van der Waals surface area contributed by atoms with Gasteiger partial charge in [-0.05, 0) is 31.7 Å². The van der Waals surface area contributed by atoms with Crippen LogP contribution in [0.5, 0.6) is 0 Å². The van der Waals surface area contributed by atoms with E-state index in [4.69, 9.17) is 0 Å². The first-order valence-corrected chi connectivity index (χ1v) is 8.88. The van der Waals surface area contributed by atoms with Crippen molar-refractivity contribution in [3.63, 3.8) is 0 Å². The average molecular weight is 281 g/mol. The first-order valence-electron chi connectivity index (χ1n) is 6.93. The zero-order valence-electron chi connectivity index (χ0n) is 11.7. The Morgan fingerprint density at radius 2 is 2.11 bits per heavy atom. The molecule has 19 heavy (non-hydrogen) atoms. The molecule has 4 heteroatoms. The van der Waals surface area contributed by atoms with Gasteiger partial charge >= 0.3 is 0 Å². The van der Waals surface area contributed by atoms with Gasteiger partial charge in [0.25, 0.3) is 0 Å². The lowest BCUT2D eigenvalue weighted by atomic mass is 9.95. The summed E-state index contributed by atoms with van der Waals surface area (Å²) in [6, 6.07) is 8.76. The molecular weight excluding hydrogens is 258 g/mol. The third-order valence-corrected chi connectivity index (χ3v) is 5.55. The number of hydrogen-bond acceptors (Lipinski definition) is 3. The second-order valence-corrected chi connectivity index (χ2v) is 8.01. The van der Waals surface area contributed by atoms with Gasteiger partial charge in [-0.1, -0.05) is 36.2 Å². The van der Waals surface area contributed by atoms with E-state index in [2.05, 4.69) is 36.5 Å². The van der Waals surface area contributed by atoms with Crippen LogP contribution in [0.3, 0.4) is 0 Å². The van der Waals surface area contributed by atoms with E-state index in [1.54, 1.807) is 0 Å². The third kappa shape index (κ3) is 4.32. The van der Waals surface area contributed by atoms with Crippen molar-refractivity contribution < 1.29 is 8.42 Å². The quantitative estimate of drug-likeness (QED) is 0.922. The highest BCUT2D eigenvalue weighted by molar-refractivity contribution is 7.91. The van der Waals surface area contributed by atoms with Crippen LogP contribution < -0.4 is 5.32 Å². The van der Waals surface area contributed by atoms with Crippen molar-refractivity contribution in [2.24, 2.45) is 0 Å². The van der Waals surface area contributed by atoms with E-state index in [0.29, 0.717) is 6.04 Å². The number of rotatable bonds is 4. The molecule has 0 spiro atoms. The molecule has 1 fully saturated rings. The van der Waals surface area contributed by atoms with Crippen molar-refractivity contribution in [2.45, 2.75) is 50.4 Å². The van der Waals surface area contributed by atoms with Gasteiger partial charge in [0, 0.05) is 18.8 Å². The predicted molar refractivity (Wildman–Crippen MR) is 78.9 cm³/mol. The molecule has 2 atom stereocenters. The minimum atomic E-state index is -2.89. The highest BCUT2D eigenvalue weighted by Gasteiger charge is 2.28. The van der Waals surface area contributed by atoms with Crippen molar-refractivity contribution in [3.05, 3.63) is 35.4 Å². The molecule has 3 nitrogen and oxygen atoms in total. The summed E-state index contributed by atoms with van der Waals surface area (Å²) < 4.78 is 23.2. The second-order valence-electron chi connectivity index (χ2n) is 5.69. The summed E-state index contributed by atoms with van der Waals surface area (Å²) in [7, 11) is -2.89. The SMILES string of the molecule is Cc1cccc(CNC2CCCC(S(C)(=O)=O)C2)c1. The van der Waals surface area contributed by atoms with Gasteiger partial charge in [0.1, 0.15) is 9.84 Å². The minimum Gasteiger partial charge on any atom is -0.310 e. The normalized spacial score (nSPS) is 24.3. The Hall–Kier alpha value is -0.870. The molecular formula is C15H23NO2S. The number of nitrogens with one attached hydrogen (secondary N) is 1. The Labute approximate surface area is 116 Å². The Balaban J connectivity index is 1.89. The summed E-state index contributed by atoms with van der Waals surface area (Å²) >= 11 is 0. The summed E-state index contributed by atoms with van der Waals surface area (Å²) in [6.45, 7) is 2.91. The van der Waals surface area contributed by atoms with Gasteiger partial charge in [-0.3, -0.25) is 0 Å². The Morgan fingerprint density at radius 3 is 2.79 bits per heavy atom. The van der Waals surface area contributed by atoms with Crippen LogP contribution in [0.2, 0.25) is 0 Å². The molecule has 1 aromatic carbocycles. The minimum absolute atomic E-state index is 0.156. The van der Waals surface area contributed by atoms with Gasteiger partial charge in [0.2, 0.25) is 0 Å². The molecule has 1 aromatic rings. The molecule has 2 rings (SSSR count). The van der Waals surface area contributed by atoms with Crippen LogP contribution >= 0.6 is 0 Å². The molecule has 106 valence electrons. The summed E-state index contributed by atoms with van der Waals surface area (Å²) in [4.78, 5) is 0. The molecule has 1 saturated carbocycles. The Bertz CT molecular complexity index is 525. The van der Waals surface area contributed by atoms with Crippen LogP contribution in [0.15, 0.2) is 24.3 Å². The lowest BCUT2D eigenvalue weighted by molar-refractivity contribution is 0.371. The van der Waals surface area contributed by atoms with E-state index in [0.717, 1.165) is 32.2 Å². The van der Waals surface area contributed by atoms with E-state index in [-0.39, 0.29) is 5.25 Å². The third-order valence-electron chi connectivity index (χ3n) is 3.91.